The molecule has 3 aromatic rings. The van der Waals surface area contributed by atoms with Gasteiger partial charge in [-0.3, -0.25) is 9.59 Å². The van der Waals surface area contributed by atoms with Gasteiger partial charge in [0.2, 0.25) is 10.9 Å². The minimum Gasteiger partial charge on any atom is -0.457 e. The molecule has 1 N–H and O–H groups in total. The average Bonchev–Trinajstić information content (AvgIpc) is 3.72. The number of thioether (sulfide) groups is 1. The number of alkyl halides is 1. The molecule has 44 heavy (non-hydrogen) atoms. The van der Waals surface area contributed by atoms with Crippen molar-refractivity contribution in [1.29, 1.82) is 0 Å². The molecule has 0 saturated heterocycles. The van der Waals surface area contributed by atoms with Crippen molar-refractivity contribution in [3.05, 3.63) is 77.2 Å². The van der Waals surface area contributed by atoms with Gasteiger partial charge in [-0.05, 0) is 73.9 Å². The summed E-state index contributed by atoms with van der Waals surface area (Å²) in [5.41, 5.74) is -1.37. The summed E-state index contributed by atoms with van der Waals surface area (Å²) in [5, 5.41) is 12.6. The van der Waals surface area contributed by atoms with Gasteiger partial charge in [-0.1, -0.05) is 56.3 Å². The van der Waals surface area contributed by atoms with E-state index >= 15 is 0 Å². The molecule has 7 rings (SSSR count). The van der Waals surface area contributed by atoms with Crippen molar-refractivity contribution < 1.29 is 28.6 Å². The Bertz CT molecular complexity index is 1700. The Morgan fingerprint density at radius 1 is 1.20 bits per heavy atom. The van der Waals surface area contributed by atoms with Crippen LogP contribution in [0, 0.1) is 28.6 Å². The summed E-state index contributed by atoms with van der Waals surface area (Å²) in [4.78, 5) is 44.2. The fourth-order valence-electron chi connectivity index (χ4n) is 9.03. The molecule has 10 heteroatoms. The largest absolute Gasteiger partial charge is 0.457 e. The van der Waals surface area contributed by atoms with Crippen LogP contribution in [-0.4, -0.2) is 43.5 Å². The van der Waals surface area contributed by atoms with Gasteiger partial charge < -0.3 is 14.3 Å². The lowest BCUT2D eigenvalue weighted by atomic mass is 9.46. The highest BCUT2D eigenvalue weighted by Crippen LogP contribution is 2.72. The summed E-state index contributed by atoms with van der Waals surface area (Å²) in [6.07, 6.45) is 7.52. The number of carbonyl (C=O) groups is 3. The van der Waals surface area contributed by atoms with E-state index in [1.54, 1.807) is 29.6 Å². The summed E-state index contributed by atoms with van der Waals surface area (Å²) >= 11 is 10.3. The van der Waals surface area contributed by atoms with Crippen molar-refractivity contribution in [2.45, 2.75) is 68.8 Å². The number of nitrogens with zero attached hydrogens (tertiary/aromatic N) is 1. The number of aromatic nitrogens is 1. The van der Waals surface area contributed by atoms with Crippen LogP contribution < -0.4 is 0 Å². The van der Waals surface area contributed by atoms with Crippen LogP contribution in [0.15, 0.2) is 70.9 Å². The Labute approximate surface area is 269 Å². The van der Waals surface area contributed by atoms with E-state index in [0.717, 1.165) is 32.6 Å². The number of fused-ring (bicyclic) bond motifs is 6. The average molecular weight is 652 g/mol. The number of ketones is 1. The summed E-state index contributed by atoms with van der Waals surface area (Å²) < 4.78 is 12.8. The second-order valence-electron chi connectivity index (χ2n) is 13.2. The minimum absolute atomic E-state index is 0.0209. The monoisotopic (exact) mass is 651 g/mol. The quantitative estimate of drug-likeness (QED) is 0.229. The van der Waals surface area contributed by atoms with Crippen molar-refractivity contribution in [2.24, 2.45) is 28.6 Å². The standard InChI is InChI=1S/C34H34ClNO6S2/c1-19-15-23-22-11-10-20-16-21(37)12-13-31(20,2)33(22,35)27(38)17-32(23,3)34(19,42-29(39)25-8-6-14-41-25)30(40)43-18-28-36-24-7-4-5-9-26(24)44-28/h4-9,12-14,16,19,22-23,27,38H,10-11,15,17-18H2,1-3H3/t19-,22?,23?,27+,31?,32?,33+,34+/m1/s1. The molecule has 8 atom stereocenters. The number of aliphatic hydroxyl groups is 1. The highest BCUT2D eigenvalue weighted by Gasteiger charge is 2.76. The highest BCUT2D eigenvalue weighted by atomic mass is 35.5. The smallest absolute Gasteiger partial charge is 0.375 e. The molecule has 4 aliphatic carbocycles. The van der Waals surface area contributed by atoms with E-state index in [1.165, 1.54) is 12.3 Å². The number of allylic oxidation sites excluding steroid dienone is 4. The van der Waals surface area contributed by atoms with Crippen LogP contribution in [0.3, 0.4) is 0 Å². The van der Waals surface area contributed by atoms with Crippen LogP contribution in [0.5, 0.6) is 0 Å². The third kappa shape index (κ3) is 4.05. The number of halogens is 1. The van der Waals surface area contributed by atoms with Crippen LogP contribution in [-0.2, 0) is 20.1 Å². The van der Waals surface area contributed by atoms with Crippen molar-refractivity contribution >= 4 is 61.8 Å². The van der Waals surface area contributed by atoms with Crippen LogP contribution in [0.2, 0.25) is 0 Å². The highest BCUT2D eigenvalue weighted by molar-refractivity contribution is 8.13. The zero-order valence-electron chi connectivity index (χ0n) is 24.7. The van der Waals surface area contributed by atoms with Crippen molar-refractivity contribution in [2.75, 3.05) is 0 Å². The molecule has 230 valence electrons. The number of carbonyl (C=O) groups excluding carboxylic acids is 3. The molecular formula is C34H34ClNO6S2. The molecule has 3 saturated carbocycles. The predicted molar refractivity (Wildman–Crippen MR) is 170 cm³/mol. The van der Waals surface area contributed by atoms with E-state index in [4.69, 9.17) is 25.7 Å². The van der Waals surface area contributed by atoms with E-state index in [2.05, 4.69) is 0 Å². The molecule has 1 aromatic carbocycles. The summed E-state index contributed by atoms with van der Waals surface area (Å²) in [6, 6.07) is 11.0. The van der Waals surface area contributed by atoms with Crippen LogP contribution in [0.25, 0.3) is 10.2 Å². The maximum Gasteiger partial charge on any atom is 0.375 e. The van der Waals surface area contributed by atoms with Crippen LogP contribution >= 0.6 is 34.7 Å². The third-order valence-electron chi connectivity index (χ3n) is 11.1. The molecular weight excluding hydrogens is 618 g/mol. The lowest BCUT2D eigenvalue weighted by Gasteiger charge is -2.64. The van der Waals surface area contributed by atoms with E-state index in [-0.39, 0.29) is 40.8 Å². The first-order valence-corrected chi connectivity index (χ1v) is 17.2. The normalized spacial score (nSPS) is 37.7. The number of esters is 1. The van der Waals surface area contributed by atoms with E-state index in [1.807, 2.05) is 51.1 Å². The Morgan fingerprint density at radius 3 is 2.75 bits per heavy atom. The van der Waals surface area contributed by atoms with Crippen LogP contribution in [0.1, 0.15) is 62.0 Å². The minimum atomic E-state index is -1.54. The maximum atomic E-state index is 14.7. The number of ether oxygens (including phenoxy) is 1. The van der Waals surface area contributed by atoms with Gasteiger partial charge in [-0.15, -0.1) is 22.9 Å². The number of aliphatic hydroxyl groups excluding tert-OH is 1. The Morgan fingerprint density at radius 2 is 2.00 bits per heavy atom. The SMILES string of the molecule is C[C@@H]1CC2C3CCC4=CC(=O)C=CC4(C)[C@@]3(Cl)[C@@H](O)CC2(C)[C@@]1(OC(=O)c1ccco1)C(=O)SCc1nc2ccccc2s1. The van der Waals surface area contributed by atoms with E-state index in [0.29, 0.717) is 25.0 Å². The molecule has 0 amide bonds. The van der Waals surface area contributed by atoms with E-state index < -0.39 is 33.4 Å². The van der Waals surface area contributed by atoms with E-state index in [9.17, 15) is 19.5 Å². The second kappa shape index (κ2) is 10.4. The molecule has 0 bridgehead atoms. The summed E-state index contributed by atoms with van der Waals surface area (Å²) in [7, 11) is 0. The van der Waals surface area contributed by atoms with Gasteiger partial charge in [0.25, 0.3) is 0 Å². The molecule has 7 nitrogen and oxygen atoms in total. The first-order valence-electron chi connectivity index (χ1n) is 15.0. The molecule has 4 aliphatic rings. The van der Waals surface area contributed by atoms with Gasteiger partial charge in [-0.25, -0.2) is 9.78 Å². The summed E-state index contributed by atoms with van der Waals surface area (Å²) in [5.74, 6) is -1.09. The Kier molecular flexibility index (Phi) is 7.09. The number of hydrogen-bond donors (Lipinski definition) is 1. The number of hydrogen-bond acceptors (Lipinski definition) is 9. The molecule has 2 heterocycles. The van der Waals surface area contributed by atoms with Gasteiger partial charge in [0, 0.05) is 16.7 Å². The molecule has 0 radical (unpaired) electrons. The zero-order valence-corrected chi connectivity index (χ0v) is 27.1. The van der Waals surface area contributed by atoms with Crippen molar-refractivity contribution in [3.8, 4) is 0 Å². The van der Waals surface area contributed by atoms with Gasteiger partial charge in [0.15, 0.2) is 11.4 Å². The molecule has 4 unspecified atom stereocenters. The molecule has 0 spiro atoms. The summed E-state index contributed by atoms with van der Waals surface area (Å²) in [6.45, 7) is 5.96. The lowest BCUT2D eigenvalue weighted by molar-refractivity contribution is -0.172. The number of benzene rings is 1. The second-order valence-corrected chi connectivity index (χ2v) is 15.8. The van der Waals surface area contributed by atoms with Gasteiger partial charge in [0.1, 0.15) is 5.01 Å². The number of thiazole rings is 1. The molecule has 3 fully saturated rings. The van der Waals surface area contributed by atoms with Gasteiger partial charge in [-0.2, -0.15) is 0 Å². The maximum absolute atomic E-state index is 14.7. The number of furan rings is 1. The van der Waals surface area contributed by atoms with Crippen molar-refractivity contribution in [3.63, 3.8) is 0 Å². The Balaban J connectivity index is 1.28. The molecule has 2 aromatic heterocycles. The van der Waals surface area contributed by atoms with Crippen molar-refractivity contribution in [1.82, 2.24) is 4.98 Å². The van der Waals surface area contributed by atoms with Crippen LogP contribution in [0.4, 0.5) is 0 Å². The Hall–Kier alpha value is -2.72. The first-order chi connectivity index (χ1) is 20.9. The van der Waals surface area contributed by atoms with Gasteiger partial charge >= 0.3 is 5.97 Å². The number of rotatable bonds is 5. The predicted octanol–water partition coefficient (Wildman–Crippen LogP) is 7.13. The lowest BCUT2D eigenvalue weighted by Crippen LogP contribution is -2.69. The third-order valence-corrected chi connectivity index (χ3v) is 14.3. The first kappa shape index (κ1) is 30.0. The zero-order chi connectivity index (χ0) is 31.1. The molecule has 0 aliphatic heterocycles. The van der Waals surface area contributed by atoms with Gasteiger partial charge in [0.05, 0.1) is 33.2 Å². The topological polar surface area (TPSA) is 107 Å². The number of para-hydroxylation sites is 1. The fourth-order valence-corrected chi connectivity index (χ4v) is 11.7. The fraction of sp³-hybridized carbons (Fsp3) is 0.471.